The molecule has 0 bridgehead atoms. The van der Waals surface area contributed by atoms with E-state index < -0.39 is 24.0 Å². The van der Waals surface area contributed by atoms with Crippen molar-refractivity contribution in [2.24, 2.45) is 11.8 Å². The van der Waals surface area contributed by atoms with Gasteiger partial charge in [0.25, 0.3) is 0 Å². The van der Waals surface area contributed by atoms with E-state index in [0.717, 1.165) is 33.4 Å². The van der Waals surface area contributed by atoms with Gasteiger partial charge >= 0.3 is 11.9 Å². The Balaban J connectivity index is 1.26. The second kappa shape index (κ2) is 28.9. The number of benzene rings is 4. The predicted octanol–water partition coefficient (Wildman–Crippen LogP) is 12.1. The van der Waals surface area contributed by atoms with Crippen LogP contribution in [0, 0.1) is 48.3 Å². The monoisotopic (exact) mass is 1100 g/mol. The van der Waals surface area contributed by atoms with E-state index in [1.165, 1.54) is 12.4 Å². The number of halogens is 2. The lowest BCUT2D eigenvalue weighted by molar-refractivity contribution is -0.145. The molecule has 2 aromatic heterocycles. The maximum Gasteiger partial charge on any atom is 0.321 e. The highest BCUT2D eigenvalue weighted by atomic mass is 35.5. The number of ether oxygens (including phenoxy) is 4. The van der Waals surface area contributed by atoms with Gasteiger partial charge in [0.2, 0.25) is 0 Å². The fourth-order valence-electron chi connectivity index (χ4n) is 9.34. The first-order chi connectivity index (χ1) is 37.4. The molecule has 0 aliphatic rings. The summed E-state index contributed by atoms with van der Waals surface area (Å²) >= 11 is 14.0. The number of rotatable bonds is 29. The molecule has 0 aliphatic carbocycles. The largest absolute Gasteiger partial charge is 0.488 e. The van der Waals surface area contributed by atoms with Gasteiger partial charge in [-0.05, 0) is 96.2 Å². The molecule has 0 amide bonds. The Morgan fingerprint density at radius 3 is 1.37 bits per heavy atom. The van der Waals surface area contributed by atoms with Crippen molar-refractivity contribution < 1.29 is 43.9 Å². The molecule has 0 fully saturated rings. The lowest BCUT2D eigenvalue weighted by atomic mass is 9.92. The first-order valence-electron chi connectivity index (χ1n) is 26.0. The smallest absolute Gasteiger partial charge is 0.321 e. The summed E-state index contributed by atoms with van der Waals surface area (Å²) in [6.07, 6.45) is 7.40. The van der Waals surface area contributed by atoms with E-state index in [1.54, 1.807) is 53.7 Å². The molecule has 17 heteroatoms. The Kier molecular flexibility index (Phi) is 22.3. The minimum Gasteiger partial charge on any atom is -0.488 e. The van der Waals surface area contributed by atoms with Crippen LogP contribution in [0.15, 0.2) is 97.6 Å². The Labute approximate surface area is 467 Å². The molecule has 0 spiro atoms. The molecular weight excluding hydrogens is 1030 g/mol. The lowest BCUT2D eigenvalue weighted by Gasteiger charge is -2.31. The summed E-state index contributed by atoms with van der Waals surface area (Å²) in [5.74, 6) is -0.0466. The molecule has 2 atom stereocenters. The standard InChI is InChI=1S/C61H68Cl2N6O9/c1-8-11-54(60(71)72)68(30-38(2)3)32-48-20-52(62)58(22-56(48)75-34-44-18-42(24-64)26-66-28-44)77-36-46-12-9-14-50(40(46)6)51-15-10-13-47(41(51)7)37-78-59-23-57(76-35-45-19-43(25-65)27-67-29-45)49(21-53(59)63)33-69(31-39(4)5)55(16-17-70)61(73)74/h9-10,12-15,18-23,26-29,38-39,54-55,70H,8,11,16-17,30-37H2,1-7H3,(H,71,72)(H,73,74). The Morgan fingerprint density at radius 2 is 1.00 bits per heavy atom. The minimum absolute atomic E-state index is 0.0367. The van der Waals surface area contributed by atoms with Gasteiger partial charge in [0.1, 0.15) is 73.6 Å². The van der Waals surface area contributed by atoms with E-state index in [0.29, 0.717) is 92.4 Å². The van der Waals surface area contributed by atoms with Gasteiger partial charge in [0.15, 0.2) is 0 Å². The van der Waals surface area contributed by atoms with Crippen LogP contribution in [0.3, 0.4) is 0 Å². The maximum absolute atomic E-state index is 12.6. The molecular formula is C61H68Cl2N6O9. The zero-order valence-electron chi connectivity index (χ0n) is 45.3. The van der Waals surface area contributed by atoms with Crippen molar-refractivity contribution in [3.05, 3.63) is 163 Å². The summed E-state index contributed by atoms with van der Waals surface area (Å²) in [6.45, 7) is 15.7. The minimum atomic E-state index is -1.05. The summed E-state index contributed by atoms with van der Waals surface area (Å²) in [5.41, 5.74) is 9.18. The zero-order chi connectivity index (χ0) is 56.5. The number of hydrogen-bond acceptors (Lipinski definition) is 13. The molecule has 4 aromatic carbocycles. The van der Waals surface area contributed by atoms with Crippen molar-refractivity contribution in [1.82, 2.24) is 19.8 Å². The van der Waals surface area contributed by atoms with Gasteiger partial charge in [-0.25, -0.2) is 0 Å². The normalized spacial score (nSPS) is 12.1. The predicted molar refractivity (Wildman–Crippen MR) is 299 cm³/mol. The number of aliphatic hydroxyl groups excluding tert-OH is 1. The van der Waals surface area contributed by atoms with Crippen LogP contribution in [0.2, 0.25) is 10.0 Å². The third-order valence-electron chi connectivity index (χ3n) is 13.2. The van der Waals surface area contributed by atoms with Gasteiger partial charge in [-0.2, -0.15) is 10.5 Å². The number of aliphatic carboxylic acids is 2. The number of nitrogens with zero attached hydrogens (tertiary/aromatic N) is 6. The summed E-state index contributed by atoms with van der Waals surface area (Å²) < 4.78 is 25.8. The summed E-state index contributed by atoms with van der Waals surface area (Å²) in [7, 11) is 0. The molecule has 6 rings (SSSR count). The van der Waals surface area contributed by atoms with E-state index in [1.807, 2.05) is 63.8 Å². The van der Waals surface area contributed by atoms with Crippen molar-refractivity contribution in [2.45, 2.75) is 119 Å². The number of aliphatic hydroxyl groups is 1. The van der Waals surface area contributed by atoms with Gasteiger partial charge in [-0.3, -0.25) is 29.4 Å². The average Bonchev–Trinajstić information content (AvgIpc) is 3.41. The topological polar surface area (TPSA) is 212 Å². The Hall–Kier alpha value is -7.24. The van der Waals surface area contributed by atoms with Crippen LogP contribution < -0.4 is 18.9 Å². The molecule has 0 radical (unpaired) electrons. The van der Waals surface area contributed by atoms with Crippen LogP contribution in [0.1, 0.15) is 110 Å². The maximum atomic E-state index is 12.6. The molecule has 0 saturated carbocycles. The number of carboxylic acids is 2. The van der Waals surface area contributed by atoms with Gasteiger partial charge < -0.3 is 34.3 Å². The van der Waals surface area contributed by atoms with Crippen LogP contribution >= 0.6 is 23.2 Å². The molecule has 15 nitrogen and oxygen atoms in total. The number of carbonyl (C=O) groups is 2. The second-order valence-corrected chi connectivity index (χ2v) is 21.0. The fourth-order valence-corrected chi connectivity index (χ4v) is 9.82. The number of carboxylic acid groups (broad SMARTS) is 2. The average molecular weight is 1100 g/mol. The molecule has 0 aliphatic heterocycles. The van der Waals surface area contributed by atoms with Crippen LogP contribution in [0.25, 0.3) is 11.1 Å². The number of pyridine rings is 2. The molecule has 410 valence electrons. The van der Waals surface area contributed by atoms with Crippen LogP contribution in [-0.2, 0) is 49.1 Å². The molecule has 6 aromatic rings. The van der Waals surface area contributed by atoms with E-state index >= 15 is 0 Å². The Bertz CT molecular complexity index is 2910. The van der Waals surface area contributed by atoms with E-state index in [4.69, 9.17) is 42.1 Å². The highest BCUT2D eigenvalue weighted by Crippen LogP contribution is 2.39. The van der Waals surface area contributed by atoms with Gasteiger partial charge in [0.05, 0.1) is 21.2 Å². The highest BCUT2D eigenvalue weighted by Gasteiger charge is 2.29. The van der Waals surface area contributed by atoms with E-state index in [-0.39, 0.29) is 64.4 Å². The van der Waals surface area contributed by atoms with Crippen molar-refractivity contribution >= 4 is 35.1 Å². The SMILES string of the molecule is CCCC(C(=O)O)N(Cc1cc(Cl)c(OCc2cccc(-c3cccc(COc4cc(OCc5cncc(C#N)c5)c(CN(CC(C)C)C(CCO)C(=O)O)cc4Cl)c3C)c2C)cc1OCc1cncc(C#N)c1)CC(C)C. The lowest BCUT2D eigenvalue weighted by Crippen LogP contribution is -2.43. The third-order valence-corrected chi connectivity index (χ3v) is 13.8. The van der Waals surface area contributed by atoms with Gasteiger partial charge in [-0.1, -0.05) is 101 Å². The first-order valence-corrected chi connectivity index (χ1v) is 26.7. The Morgan fingerprint density at radius 1 is 0.590 bits per heavy atom. The summed E-state index contributed by atoms with van der Waals surface area (Å²) in [4.78, 5) is 37.1. The van der Waals surface area contributed by atoms with Crippen LogP contribution in [0.5, 0.6) is 23.0 Å². The van der Waals surface area contributed by atoms with Crippen molar-refractivity contribution in [3.8, 4) is 46.3 Å². The quantitative estimate of drug-likeness (QED) is 0.0399. The third kappa shape index (κ3) is 16.4. The summed E-state index contributed by atoms with van der Waals surface area (Å²) in [6, 6.07) is 24.9. The number of hydrogen-bond donors (Lipinski definition) is 3. The van der Waals surface area contributed by atoms with E-state index in [9.17, 15) is 35.4 Å². The van der Waals surface area contributed by atoms with Crippen LogP contribution in [-0.4, -0.2) is 78.8 Å². The highest BCUT2D eigenvalue weighted by molar-refractivity contribution is 6.32. The second-order valence-electron chi connectivity index (χ2n) is 20.2. The fraction of sp³-hybridized carbons (Fsp3) is 0.377. The van der Waals surface area contributed by atoms with E-state index in [2.05, 4.69) is 48.1 Å². The molecule has 0 saturated heterocycles. The summed E-state index contributed by atoms with van der Waals surface area (Å²) in [5, 5.41) is 49.9. The van der Waals surface area contributed by atoms with Gasteiger partial charge in [-0.15, -0.1) is 0 Å². The van der Waals surface area contributed by atoms with Crippen LogP contribution in [0.4, 0.5) is 0 Å². The first kappa shape index (κ1) is 60.0. The molecule has 78 heavy (non-hydrogen) atoms. The zero-order valence-corrected chi connectivity index (χ0v) is 46.8. The van der Waals surface area contributed by atoms with Crippen molar-refractivity contribution in [1.29, 1.82) is 10.5 Å². The number of nitriles is 2. The molecule has 3 N–H and O–H groups in total. The van der Waals surface area contributed by atoms with Crippen molar-refractivity contribution in [3.63, 3.8) is 0 Å². The van der Waals surface area contributed by atoms with Gasteiger partial charge in [0, 0.05) is 92.0 Å². The van der Waals surface area contributed by atoms with Crippen molar-refractivity contribution in [2.75, 3.05) is 19.7 Å². The molecule has 2 unspecified atom stereocenters. The number of aromatic nitrogens is 2. The molecule has 2 heterocycles.